The third kappa shape index (κ3) is 2.25. The van der Waals surface area contributed by atoms with E-state index in [2.05, 4.69) is 32.0 Å². The molecule has 0 spiro atoms. The monoisotopic (exact) mass is 182 g/mol. The summed E-state index contributed by atoms with van der Waals surface area (Å²) in [5.41, 5.74) is 2.48. The van der Waals surface area contributed by atoms with Crippen LogP contribution in [0.3, 0.4) is 0 Å². The number of rotatable bonds is 3. The molecular weight excluding hydrogens is 168 g/mol. The predicted octanol–water partition coefficient (Wildman–Crippen LogP) is 3.99. The Morgan fingerprint density at radius 2 is 2.08 bits per heavy atom. The molecule has 1 aromatic carbocycles. The van der Waals surface area contributed by atoms with Gasteiger partial charge < -0.3 is 0 Å². The van der Waals surface area contributed by atoms with Crippen molar-refractivity contribution >= 4 is 11.6 Å². The Labute approximate surface area is 79.6 Å². The van der Waals surface area contributed by atoms with E-state index in [4.69, 9.17) is 11.6 Å². The van der Waals surface area contributed by atoms with Crippen molar-refractivity contribution in [2.24, 2.45) is 0 Å². The van der Waals surface area contributed by atoms with Crippen molar-refractivity contribution in [3.63, 3.8) is 0 Å². The van der Waals surface area contributed by atoms with E-state index in [0.29, 0.717) is 0 Å². The molecule has 0 aliphatic carbocycles. The molecule has 0 unspecified atom stereocenters. The largest absolute Gasteiger partial charge is 0.0838 e. The fourth-order valence-corrected chi connectivity index (χ4v) is 1.49. The summed E-state index contributed by atoms with van der Waals surface area (Å²) in [5, 5.41) is 0.950. The minimum Gasteiger partial charge on any atom is -0.0838 e. The Bertz CT molecular complexity index is 253. The minimum absolute atomic E-state index is 0.950. The highest BCUT2D eigenvalue weighted by atomic mass is 35.5. The summed E-state index contributed by atoms with van der Waals surface area (Å²) in [6.45, 7) is 4.25. The van der Waals surface area contributed by atoms with Crippen LogP contribution in [0.2, 0.25) is 5.02 Å². The second-order valence-electron chi connectivity index (χ2n) is 3.15. The number of hydrogen-bond acceptors (Lipinski definition) is 0. The molecule has 66 valence electrons. The van der Waals surface area contributed by atoms with E-state index in [1.165, 1.54) is 24.0 Å². The van der Waals surface area contributed by atoms with E-state index in [0.717, 1.165) is 11.4 Å². The van der Waals surface area contributed by atoms with Gasteiger partial charge in [-0.15, -0.1) is 0 Å². The van der Waals surface area contributed by atoms with E-state index < -0.39 is 0 Å². The van der Waals surface area contributed by atoms with Crippen LogP contribution in [0.4, 0.5) is 0 Å². The minimum atomic E-state index is 0.950. The maximum atomic E-state index is 6.13. The quantitative estimate of drug-likeness (QED) is 0.663. The van der Waals surface area contributed by atoms with E-state index in [1.807, 2.05) is 0 Å². The van der Waals surface area contributed by atoms with Crippen molar-refractivity contribution < 1.29 is 0 Å². The molecule has 0 atom stereocenters. The SMILES string of the molecule is CCCCc1cccc(C)c1Cl. The van der Waals surface area contributed by atoms with Crippen molar-refractivity contribution in [1.29, 1.82) is 0 Å². The number of hydrogen-bond donors (Lipinski definition) is 0. The van der Waals surface area contributed by atoms with E-state index in [-0.39, 0.29) is 0 Å². The standard InChI is InChI=1S/C11H15Cl/c1-3-4-7-10-8-5-6-9(2)11(10)12/h5-6,8H,3-4,7H2,1-2H3. The third-order valence-corrected chi connectivity index (χ3v) is 2.61. The van der Waals surface area contributed by atoms with Crippen molar-refractivity contribution in [2.45, 2.75) is 33.1 Å². The van der Waals surface area contributed by atoms with Gasteiger partial charge in [0, 0.05) is 5.02 Å². The molecule has 0 aliphatic heterocycles. The summed E-state index contributed by atoms with van der Waals surface area (Å²) in [7, 11) is 0. The zero-order chi connectivity index (χ0) is 8.97. The van der Waals surface area contributed by atoms with Crippen molar-refractivity contribution in [2.75, 3.05) is 0 Å². The molecule has 0 amide bonds. The average Bonchev–Trinajstić information content (AvgIpc) is 2.08. The summed E-state index contributed by atoms with van der Waals surface area (Å²) in [6.07, 6.45) is 3.56. The van der Waals surface area contributed by atoms with E-state index in [9.17, 15) is 0 Å². The molecule has 0 saturated carbocycles. The molecule has 1 heteroatoms. The van der Waals surface area contributed by atoms with Crippen LogP contribution in [0.5, 0.6) is 0 Å². The molecule has 0 radical (unpaired) electrons. The number of halogens is 1. The molecule has 0 saturated heterocycles. The van der Waals surface area contributed by atoms with E-state index >= 15 is 0 Å². The van der Waals surface area contributed by atoms with Gasteiger partial charge >= 0.3 is 0 Å². The Balaban J connectivity index is 2.78. The Morgan fingerprint density at radius 1 is 1.33 bits per heavy atom. The van der Waals surface area contributed by atoms with Gasteiger partial charge in [-0.3, -0.25) is 0 Å². The van der Waals surface area contributed by atoms with Gasteiger partial charge in [0.1, 0.15) is 0 Å². The maximum absolute atomic E-state index is 6.13. The van der Waals surface area contributed by atoms with Gasteiger partial charge in [0.25, 0.3) is 0 Å². The topological polar surface area (TPSA) is 0 Å². The first-order valence-electron chi connectivity index (χ1n) is 4.49. The van der Waals surface area contributed by atoms with Crippen LogP contribution in [0.1, 0.15) is 30.9 Å². The van der Waals surface area contributed by atoms with Crippen LogP contribution in [-0.2, 0) is 6.42 Å². The fraction of sp³-hybridized carbons (Fsp3) is 0.455. The van der Waals surface area contributed by atoms with Gasteiger partial charge in [-0.05, 0) is 30.9 Å². The first-order valence-corrected chi connectivity index (χ1v) is 4.87. The number of aryl methyl sites for hydroxylation is 2. The second kappa shape index (κ2) is 4.51. The summed E-state index contributed by atoms with van der Waals surface area (Å²) in [4.78, 5) is 0. The van der Waals surface area contributed by atoms with Crippen LogP contribution in [0.25, 0.3) is 0 Å². The van der Waals surface area contributed by atoms with E-state index in [1.54, 1.807) is 0 Å². The van der Waals surface area contributed by atoms with Crippen LogP contribution in [0, 0.1) is 6.92 Å². The molecule has 1 aromatic rings. The average molecular weight is 183 g/mol. The molecule has 0 bridgehead atoms. The number of unbranched alkanes of at least 4 members (excludes halogenated alkanes) is 1. The van der Waals surface area contributed by atoms with Gasteiger partial charge in [0.05, 0.1) is 0 Å². The van der Waals surface area contributed by atoms with Crippen molar-refractivity contribution in [1.82, 2.24) is 0 Å². The molecular formula is C11H15Cl. The summed E-state index contributed by atoms with van der Waals surface area (Å²) in [5.74, 6) is 0. The van der Waals surface area contributed by atoms with Crippen LogP contribution >= 0.6 is 11.6 Å². The van der Waals surface area contributed by atoms with Gasteiger partial charge in [-0.2, -0.15) is 0 Å². The Hall–Kier alpha value is -0.490. The summed E-state index contributed by atoms with van der Waals surface area (Å²) < 4.78 is 0. The predicted molar refractivity (Wildman–Crippen MR) is 54.8 cm³/mol. The second-order valence-corrected chi connectivity index (χ2v) is 3.53. The van der Waals surface area contributed by atoms with Crippen LogP contribution in [-0.4, -0.2) is 0 Å². The van der Waals surface area contributed by atoms with Gasteiger partial charge in [0.2, 0.25) is 0 Å². The lowest BCUT2D eigenvalue weighted by molar-refractivity contribution is 0.794. The highest BCUT2D eigenvalue weighted by Gasteiger charge is 2.00. The third-order valence-electron chi connectivity index (χ3n) is 2.07. The molecule has 0 aromatic heterocycles. The molecule has 12 heavy (non-hydrogen) atoms. The first kappa shape index (κ1) is 9.60. The molecule has 0 nitrogen and oxygen atoms in total. The molecule has 0 fully saturated rings. The van der Waals surface area contributed by atoms with Gasteiger partial charge in [-0.25, -0.2) is 0 Å². The zero-order valence-electron chi connectivity index (χ0n) is 7.73. The molecule has 1 rings (SSSR count). The fourth-order valence-electron chi connectivity index (χ4n) is 1.27. The zero-order valence-corrected chi connectivity index (χ0v) is 8.49. The smallest absolute Gasteiger partial charge is 0.0467 e. The Kier molecular flexibility index (Phi) is 3.61. The molecule has 0 heterocycles. The molecule has 0 aliphatic rings. The van der Waals surface area contributed by atoms with Crippen molar-refractivity contribution in [3.05, 3.63) is 34.3 Å². The van der Waals surface area contributed by atoms with Gasteiger partial charge in [0.15, 0.2) is 0 Å². The lowest BCUT2D eigenvalue weighted by Gasteiger charge is -2.04. The lowest BCUT2D eigenvalue weighted by Crippen LogP contribution is -1.87. The number of benzene rings is 1. The Morgan fingerprint density at radius 3 is 2.75 bits per heavy atom. The van der Waals surface area contributed by atoms with Crippen LogP contribution in [0.15, 0.2) is 18.2 Å². The first-order chi connectivity index (χ1) is 5.75. The van der Waals surface area contributed by atoms with Gasteiger partial charge in [-0.1, -0.05) is 43.1 Å². The van der Waals surface area contributed by atoms with Crippen LogP contribution < -0.4 is 0 Å². The van der Waals surface area contributed by atoms with Crippen molar-refractivity contribution in [3.8, 4) is 0 Å². The normalized spacial score (nSPS) is 10.2. The summed E-state index contributed by atoms with van der Waals surface area (Å²) >= 11 is 6.13. The lowest BCUT2D eigenvalue weighted by atomic mass is 10.1. The molecule has 0 N–H and O–H groups in total. The highest BCUT2D eigenvalue weighted by molar-refractivity contribution is 6.32. The maximum Gasteiger partial charge on any atom is 0.0467 e. The highest BCUT2D eigenvalue weighted by Crippen LogP contribution is 2.21. The summed E-state index contributed by atoms with van der Waals surface area (Å²) in [6, 6.07) is 6.25.